The number of halogens is 2. The van der Waals surface area contributed by atoms with Gasteiger partial charge in [-0.25, -0.2) is 4.79 Å². The second-order valence-corrected chi connectivity index (χ2v) is 6.86. The summed E-state index contributed by atoms with van der Waals surface area (Å²) in [5.41, 5.74) is 0.401. The van der Waals surface area contributed by atoms with Gasteiger partial charge in [0.05, 0.1) is 5.56 Å². The summed E-state index contributed by atoms with van der Waals surface area (Å²) in [7, 11) is 0. The zero-order valence-corrected chi connectivity index (χ0v) is 14.2. The van der Waals surface area contributed by atoms with Gasteiger partial charge in [-0.05, 0) is 43.5 Å². The molecule has 1 unspecified atom stereocenters. The second kappa shape index (κ2) is 7.52. The molecular weight excluding hydrogens is 333 g/mol. The standard InChI is InChI=1S/C18H19Cl2NO2/c19-14-8-13(9-15(20)10-14)18(22)23-16-6-7-21-17(11-16)12-4-2-1-3-5-12/h1-4,8-10,12,16-17,21H,5-7,11H2/t12?,16-,17+/m0/s1. The highest BCUT2D eigenvalue weighted by molar-refractivity contribution is 6.35. The molecule has 3 atom stereocenters. The van der Waals surface area contributed by atoms with Crippen molar-refractivity contribution in [3.05, 3.63) is 58.1 Å². The Morgan fingerprint density at radius 1 is 1.17 bits per heavy atom. The van der Waals surface area contributed by atoms with E-state index in [1.54, 1.807) is 18.2 Å². The van der Waals surface area contributed by atoms with E-state index in [0.717, 1.165) is 25.8 Å². The van der Waals surface area contributed by atoms with Crippen LogP contribution in [0.25, 0.3) is 0 Å². The van der Waals surface area contributed by atoms with Crippen LogP contribution < -0.4 is 5.32 Å². The Hall–Kier alpha value is -1.29. The van der Waals surface area contributed by atoms with E-state index in [0.29, 0.717) is 27.6 Å². The lowest BCUT2D eigenvalue weighted by molar-refractivity contribution is 0.0164. The lowest BCUT2D eigenvalue weighted by atomic mass is 9.86. The largest absolute Gasteiger partial charge is 0.459 e. The summed E-state index contributed by atoms with van der Waals surface area (Å²) in [4.78, 5) is 12.3. The number of piperidine rings is 1. The monoisotopic (exact) mass is 351 g/mol. The van der Waals surface area contributed by atoms with E-state index >= 15 is 0 Å². The first kappa shape index (κ1) is 16.6. The van der Waals surface area contributed by atoms with E-state index in [9.17, 15) is 4.79 Å². The second-order valence-electron chi connectivity index (χ2n) is 5.98. The van der Waals surface area contributed by atoms with Gasteiger partial charge in [0.25, 0.3) is 0 Å². The van der Waals surface area contributed by atoms with Crippen molar-refractivity contribution in [2.24, 2.45) is 5.92 Å². The Labute approximate surface area is 146 Å². The summed E-state index contributed by atoms with van der Waals surface area (Å²) >= 11 is 11.9. The quantitative estimate of drug-likeness (QED) is 0.820. The third kappa shape index (κ3) is 4.37. The predicted octanol–water partition coefficient (Wildman–Crippen LogP) is 4.40. The van der Waals surface area contributed by atoms with Crippen molar-refractivity contribution in [2.45, 2.75) is 31.4 Å². The summed E-state index contributed by atoms with van der Waals surface area (Å²) in [6, 6.07) is 5.11. The van der Waals surface area contributed by atoms with E-state index in [4.69, 9.17) is 27.9 Å². The molecule has 1 aromatic rings. The van der Waals surface area contributed by atoms with Crippen LogP contribution in [0.1, 0.15) is 29.6 Å². The van der Waals surface area contributed by atoms with Gasteiger partial charge in [0.2, 0.25) is 0 Å². The van der Waals surface area contributed by atoms with E-state index < -0.39 is 0 Å². The van der Waals surface area contributed by atoms with Crippen LogP contribution in [0.2, 0.25) is 10.0 Å². The molecule has 1 heterocycles. The van der Waals surface area contributed by atoms with Gasteiger partial charge in [0, 0.05) is 22.5 Å². The van der Waals surface area contributed by atoms with E-state index in [1.165, 1.54) is 0 Å². The van der Waals surface area contributed by atoms with E-state index in [-0.39, 0.29) is 12.1 Å². The summed E-state index contributed by atoms with van der Waals surface area (Å²) < 4.78 is 5.67. The number of rotatable bonds is 3. The van der Waals surface area contributed by atoms with Crippen molar-refractivity contribution >= 4 is 29.2 Å². The highest BCUT2D eigenvalue weighted by Crippen LogP contribution is 2.25. The number of esters is 1. The van der Waals surface area contributed by atoms with Crippen LogP contribution in [-0.4, -0.2) is 24.7 Å². The fourth-order valence-electron chi connectivity index (χ4n) is 3.14. The van der Waals surface area contributed by atoms with Crippen molar-refractivity contribution in [1.82, 2.24) is 5.32 Å². The lowest BCUT2D eigenvalue weighted by Gasteiger charge is -2.34. The SMILES string of the molecule is O=C(O[C@H]1CCN[C@@H](C2C=CC=CC2)C1)c1cc(Cl)cc(Cl)c1. The van der Waals surface area contributed by atoms with Crippen molar-refractivity contribution in [1.29, 1.82) is 0 Å². The van der Waals surface area contributed by atoms with Crippen LogP contribution in [0.4, 0.5) is 0 Å². The molecule has 1 aliphatic heterocycles. The molecule has 0 amide bonds. The summed E-state index contributed by atoms with van der Waals surface area (Å²) in [5.74, 6) is 0.0984. The molecule has 0 bridgehead atoms. The minimum absolute atomic E-state index is 0.0780. The number of allylic oxidation sites excluding steroid dienone is 3. The van der Waals surface area contributed by atoms with Crippen molar-refractivity contribution in [2.75, 3.05) is 6.54 Å². The van der Waals surface area contributed by atoms with Gasteiger partial charge in [0.15, 0.2) is 0 Å². The Kier molecular flexibility index (Phi) is 5.42. The average Bonchev–Trinajstić information content (AvgIpc) is 2.55. The van der Waals surface area contributed by atoms with Crippen LogP contribution in [0.5, 0.6) is 0 Å². The molecule has 1 saturated heterocycles. The Bertz CT molecular complexity index is 622. The van der Waals surface area contributed by atoms with Gasteiger partial charge < -0.3 is 10.1 Å². The minimum atomic E-state index is -0.362. The summed E-state index contributed by atoms with van der Waals surface area (Å²) in [6.45, 7) is 0.854. The number of benzene rings is 1. The van der Waals surface area contributed by atoms with E-state index in [1.807, 2.05) is 0 Å². The molecule has 0 spiro atoms. The van der Waals surface area contributed by atoms with Crippen LogP contribution in [0.3, 0.4) is 0 Å². The number of carbonyl (C=O) groups excluding carboxylic acids is 1. The third-order valence-electron chi connectivity index (χ3n) is 4.29. The highest BCUT2D eigenvalue weighted by atomic mass is 35.5. The summed E-state index contributed by atoms with van der Waals surface area (Å²) in [6.07, 6.45) is 11.1. The molecule has 1 aliphatic carbocycles. The topological polar surface area (TPSA) is 38.3 Å². The normalized spacial score (nSPS) is 27.0. The van der Waals surface area contributed by atoms with Gasteiger partial charge in [-0.15, -0.1) is 0 Å². The van der Waals surface area contributed by atoms with Gasteiger partial charge in [0.1, 0.15) is 6.10 Å². The first-order valence-electron chi connectivity index (χ1n) is 7.85. The first-order valence-corrected chi connectivity index (χ1v) is 8.61. The van der Waals surface area contributed by atoms with Gasteiger partial charge in [-0.1, -0.05) is 47.5 Å². The van der Waals surface area contributed by atoms with Gasteiger partial charge in [-0.2, -0.15) is 0 Å². The molecule has 0 aromatic heterocycles. The van der Waals surface area contributed by atoms with Gasteiger partial charge >= 0.3 is 5.97 Å². The fourth-order valence-corrected chi connectivity index (χ4v) is 3.66. The van der Waals surface area contributed by atoms with Crippen molar-refractivity contribution < 1.29 is 9.53 Å². The van der Waals surface area contributed by atoms with Crippen LogP contribution >= 0.6 is 23.2 Å². The number of ether oxygens (including phenoxy) is 1. The zero-order valence-electron chi connectivity index (χ0n) is 12.7. The lowest BCUT2D eigenvalue weighted by Crippen LogP contribution is -2.45. The molecular formula is C18H19Cl2NO2. The van der Waals surface area contributed by atoms with Crippen molar-refractivity contribution in [3.8, 4) is 0 Å². The number of carbonyl (C=O) groups is 1. The maximum absolute atomic E-state index is 12.3. The number of hydrogen-bond donors (Lipinski definition) is 1. The van der Waals surface area contributed by atoms with Crippen LogP contribution in [0, 0.1) is 5.92 Å². The number of nitrogens with one attached hydrogen (secondary N) is 1. The maximum Gasteiger partial charge on any atom is 0.338 e. The zero-order chi connectivity index (χ0) is 16.2. The van der Waals surface area contributed by atoms with Crippen LogP contribution in [0.15, 0.2) is 42.5 Å². The minimum Gasteiger partial charge on any atom is -0.459 e. The van der Waals surface area contributed by atoms with Gasteiger partial charge in [-0.3, -0.25) is 0 Å². The molecule has 1 fully saturated rings. The molecule has 122 valence electrons. The van der Waals surface area contributed by atoms with E-state index in [2.05, 4.69) is 29.6 Å². The molecule has 23 heavy (non-hydrogen) atoms. The Balaban J connectivity index is 1.61. The van der Waals surface area contributed by atoms with Crippen LogP contribution in [-0.2, 0) is 4.74 Å². The first-order chi connectivity index (χ1) is 11.1. The third-order valence-corrected chi connectivity index (χ3v) is 4.73. The predicted molar refractivity (Wildman–Crippen MR) is 93.1 cm³/mol. The smallest absolute Gasteiger partial charge is 0.338 e. The fraction of sp³-hybridized carbons (Fsp3) is 0.389. The molecule has 2 aliphatic rings. The molecule has 3 rings (SSSR count). The molecule has 1 aromatic carbocycles. The summed E-state index contributed by atoms with van der Waals surface area (Å²) in [5, 5.41) is 4.41. The molecule has 3 nitrogen and oxygen atoms in total. The highest BCUT2D eigenvalue weighted by Gasteiger charge is 2.29. The molecule has 0 saturated carbocycles. The Morgan fingerprint density at radius 3 is 2.65 bits per heavy atom. The number of hydrogen-bond acceptors (Lipinski definition) is 3. The maximum atomic E-state index is 12.3. The van der Waals surface area contributed by atoms with Crippen molar-refractivity contribution in [3.63, 3.8) is 0 Å². The molecule has 1 N–H and O–H groups in total. The average molecular weight is 352 g/mol. The molecule has 0 radical (unpaired) electrons. The Morgan fingerprint density at radius 2 is 1.96 bits per heavy atom. The molecule has 5 heteroatoms.